The second-order valence-corrected chi connectivity index (χ2v) is 5.86. The number of aromatic nitrogens is 2. The lowest BCUT2D eigenvalue weighted by molar-refractivity contribution is 0.0740. The molecular formula is C15H16BrN3O. The van der Waals surface area contributed by atoms with E-state index in [9.17, 15) is 4.79 Å². The highest BCUT2D eigenvalue weighted by Gasteiger charge is 2.34. The Bertz CT molecular complexity index is 641. The summed E-state index contributed by atoms with van der Waals surface area (Å²) in [6, 6.07) is 5.85. The maximum atomic E-state index is 12.8. The molecule has 1 fully saturated rings. The smallest absolute Gasteiger partial charge is 0.256 e. The van der Waals surface area contributed by atoms with Crippen LogP contribution in [0.4, 0.5) is 0 Å². The summed E-state index contributed by atoms with van der Waals surface area (Å²) in [6.45, 7) is 3.01. The van der Waals surface area contributed by atoms with Crippen molar-refractivity contribution in [3.05, 3.63) is 36.2 Å². The number of hydrogen-bond donors (Lipinski definition) is 0. The Morgan fingerprint density at radius 1 is 1.40 bits per heavy atom. The van der Waals surface area contributed by atoms with Gasteiger partial charge in [0.25, 0.3) is 5.91 Å². The van der Waals surface area contributed by atoms with Gasteiger partial charge < -0.3 is 4.90 Å². The molecule has 5 heteroatoms. The average molecular weight is 334 g/mol. The maximum Gasteiger partial charge on any atom is 0.256 e. The van der Waals surface area contributed by atoms with Crippen LogP contribution in [0, 0.1) is 5.92 Å². The normalized spacial score (nSPS) is 22.4. The van der Waals surface area contributed by atoms with E-state index in [1.807, 2.05) is 23.1 Å². The van der Waals surface area contributed by atoms with Gasteiger partial charge in [-0.05, 0) is 24.5 Å². The van der Waals surface area contributed by atoms with Gasteiger partial charge in [0, 0.05) is 30.3 Å². The first-order chi connectivity index (χ1) is 9.72. The number of halogens is 1. The molecule has 20 heavy (non-hydrogen) atoms. The Labute approximate surface area is 126 Å². The maximum absolute atomic E-state index is 12.8. The molecule has 1 aliphatic rings. The zero-order valence-electron chi connectivity index (χ0n) is 11.3. The van der Waals surface area contributed by atoms with Crippen LogP contribution < -0.4 is 0 Å². The van der Waals surface area contributed by atoms with E-state index < -0.39 is 0 Å². The number of nitrogens with zero attached hydrogens (tertiary/aromatic N) is 3. The van der Waals surface area contributed by atoms with E-state index in [0.29, 0.717) is 17.0 Å². The quantitative estimate of drug-likeness (QED) is 0.794. The number of carbonyl (C=O) groups is 1. The number of likely N-dealkylation sites (tertiary alicyclic amines) is 1. The fourth-order valence-corrected chi connectivity index (χ4v) is 3.80. The minimum absolute atomic E-state index is 0.0601. The minimum Gasteiger partial charge on any atom is -0.334 e. The molecule has 0 radical (unpaired) electrons. The van der Waals surface area contributed by atoms with Crippen molar-refractivity contribution in [1.82, 2.24) is 14.9 Å². The van der Waals surface area contributed by atoms with Crippen molar-refractivity contribution in [2.24, 2.45) is 5.92 Å². The van der Waals surface area contributed by atoms with E-state index in [2.05, 4.69) is 32.8 Å². The zero-order valence-corrected chi connectivity index (χ0v) is 12.9. The Hall–Kier alpha value is -1.49. The van der Waals surface area contributed by atoms with Crippen LogP contribution >= 0.6 is 15.9 Å². The summed E-state index contributed by atoms with van der Waals surface area (Å²) in [5.41, 5.74) is 2.10. The van der Waals surface area contributed by atoms with Crippen molar-refractivity contribution in [2.45, 2.75) is 19.4 Å². The zero-order chi connectivity index (χ0) is 14.1. The Balaban J connectivity index is 2.01. The largest absolute Gasteiger partial charge is 0.334 e. The molecule has 0 N–H and O–H groups in total. The van der Waals surface area contributed by atoms with Gasteiger partial charge in [0.05, 0.1) is 11.1 Å². The third-order valence-electron chi connectivity index (χ3n) is 4.03. The lowest BCUT2D eigenvalue weighted by Crippen LogP contribution is -2.38. The van der Waals surface area contributed by atoms with E-state index >= 15 is 0 Å². The van der Waals surface area contributed by atoms with E-state index in [4.69, 9.17) is 0 Å². The average Bonchev–Trinajstić information content (AvgIpc) is 2.86. The summed E-state index contributed by atoms with van der Waals surface area (Å²) < 4.78 is 0. The number of amides is 1. The second kappa shape index (κ2) is 5.48. The molecule has 1 amide bonds. The van der Waals surface area contributed by atoms with Gasteiger partial charge in [-0.1, -0.05) is 28.9 Å². The molecule has 104 valence electrons. The number of rotatable bonds is 2. The molecule has 2 atom stereocenters. The molecule has 1 aliphatic heterocycles. The molecule has 0 saturated carbocycles. The highest BCUT2D eigenvalue weighted by atomic mass is 79.9. The van der Waals surface area contributed by atoms with Gasteiger partial charge in [-0.25, -0.2) is 0 Å². The molecule has 1 saturated heterocycles. The van der Waals surface area contributed by atoms with Gasteiger partial charge in [0.15, 0.2) is 0 Å². The van der Waals surface area contributed by atoms with Crippen molar-refractivity contribution >= 4 is 32.9 Å². The summed E-state index contributed by atoms with van der Waals surface area (Å²) in [4.78, 5) is 23.4. The Morgan fingerprint density at radius 3 is 3.00 bits per heavy atom. The number of alkyl halides is 1. The van der Waals surface area contributed by atoms with Crippen LogP contribution in [0.25, 0.3) is 11.0 Å². The Morgan fingerprint density at radius 2 is 2.20 bits per heavy atom. The van der Waals surface area contributed by atoms with Crippen molar-refractivity contribution in [1.29, 1.82) is 0 Å². The highest BCUT2D eigenvalue weighted by molar-refractivity contribution is 9.09. The van der Waals surface area contributed by atoms with Gasteiger partial charge in [0.2, 0.25) is 0 Å². The summed E-state index contributed by atoms with van der Waals surface area (Å²) in [7, 11) is 0. The molecule has 2 unspecified atom stereocenters. The van der Waals surface area contributed by atoms with Crippen molar-refractivity contribution in [3.63, 3.8) is 0 Å². The van der Waals surface area contributed by atoms with Crippen molar-refractivity contribution in [3.8, 4) is 0 Å². The van der Waals surface area contributed by atoms with Crippen LogP contribution in [0.15, 0.2) is 30.6 Å². The molecule has 0 aliphatic carbocycles. The summed E-state index contributed by atoms with van der Waals surface area (Å²) in [5, 5.41) is 0.816. The molecule has 1 aromatic heterocycles. The predicted molar refractivity (Wildman–Crippen MR) is 81.9 cm³/mol. The fourth-order valence-electron chi connectivity index (χ4n) is 2.82. The van der Waals surface area contributed by atoms with Gasteiger partial charge in [0.1, 0.15) is 5.52 Å². The highest BCUT2D eigenvalue weighted by Crippen LogP contribution is 2.28. The second-order valence-electron chi connectivity index (χ2n) is 5.22. The molecule has 2 heterocycles. The van der Waals surface area contributed by atoms with E-state index in [1.54, 1.807) is 12.4 Å². The van der Waals surface area contributed by atoms with Gasteiger partial charge in [-0.2, -0.15) is 0 Å². The van der Waals surface area contributed by atoms with Crippen molar-refractivity contribution in [2.75, 3.05) is 11.9 Å². The molecule has 3 rings (SSSR count). The SMILES string of the molecule is CC1CCN(C(=O)c2cccc3nccnc23)C1CBr. The van der Waals surface area contributed by atoms with Crippen molar-refractivity contribution < 1.29 is 4.79 Å². The molecule has 1 aromatic carbocycles. The molecule has 4 nitrogen and oxygen atoms in total. The van der Waals surface area contributed by atoms with Gasteiger partial charge in [-0.15, -0.1) is 0 Å². The van der Waals surface area contributed by atoms with Crippen LogP contribution in [0.3, 0.4) is 0 Å². The van der Waals surface area contributed by atoms with Crippen LogP contribution in [0.2, 0.25) is 0 Å². The van der Waals surface area contributed by atoms with Crippen LogP contribution in [-0.4, -0.2) is 38.7 Å². The summed E-state index contributed by atoms with van der Waals surface area (Å²) in [5.74, 6) is 0.587. The molecule has 0 spiro atoms. The Kier molecular flexibility index (Phi) is 3.70. The number of benzene rings is 1. The summed E-state index contributed by atoms with van der Waals surface area (Å²) in [6.07, 6.45) is 4.34. The number of hydrogen-bond acceptors (Lipinski definition) is 3. The topological polar surface area (TPSA) is 46.1 Å². The van der Waals surface area contributed by atoms with E-state index in [-0.39, 0.29) is 11.9 Å². The van der Waals surface area contributed by atoms with Gasteiger partial charge >= 0.3 is 0 Å². The lowest BCUT2D eigenvalue weighted by atomic mass is 10.0. The predicted octanol–water partition coefficient (Wildman–Crippen LogP) is 2.88. The molecule has 0 bridgehead atoms. The first-order valence-corrected chi connectivity index (χ1v) is 7.91. The number of fused-ring (bicyclic) bond motifs is 1. The standard InChI is InChI=1S/C15H16BrN3O/c1-10-5-8-19(13(10)9-16)15(20)11-3-2-4-12-14(11)18-7-6-17-12/h2-4,6-7,10,13H,5,8-9H2,1H3. The third-order valence-corrected chi connectivity index (χ3v) is 4.69. The van der Waals surface area contributed by atoms with E-state index in [1.165, 1.54) is 0 Å². The van der Waals surface area contributed by atoms with Crippen LogP contribution in [0.5, 0.6) is 0 Å². The lowest BCUT2D eigenvalue weighted by Gasteiger charge is -2.25. The van der Waals surface area contributed by atoms with Crippen LogP contribution in [-0.2, 0) is 0 Å². The minimum atomic E-state index is 0.0601. The number of carbonyl (C=O) groups excluding carboxylic acids is 1. The molecule has 2 aromatic rings. The van der Waals surface area contributed by atoms with Gasteiger partial charge in [-0.3, -0.25) is 14.8 Å². The summed E-state index contributed by atoms with van der Waals surface area (Å²) >= 11 is 3.53. The monoisotopic (exact) mass is 333 g/mol. The third kappa shape index (κ3) is 2.20. The first-order valence-electron chi connectivity index (χ1n) is 6.79. The van der Waals surface area contributed by atoms with Crippen LogP contribution in [0.1, 0.15) is 23.7 Å². The number of para-hydroxylation sites is 1. The molecular weight excluding hydrogens is 318 g/mol. The van der Waals surface area contributed by atoms with E-state index in [0.717, 1.165) is 23.8 Å². The first kappa shape index (κ1) is 13.5. The fraction of sp³-hybridized carbons (Fsp3) is 0.400.